The van der Waals surface area contributed by atoms with Crippen LogP contribution < -0.4 is 0 Å². The third-order valence-electron chi connectivity index (χ3n) is 5.36. The average molecular weight is 409 g/mol. The number of carbonyl (C=O) groups excluding carboxylic acids is 2. The summed E-state index contributed by atoms with van der Waals surface area (Å²) >= 11 is 0. The molecule has 1 heterocycles. The van der Waals surface area contributed by atoms with E-state index in [1.807, 2.05) is 4.90 Å². The first-order valence-corrected chi connectivity index (χ1v) is 9.31. The van der Waals surface area contributed by atoms with Crippen molar-refractivity contribution in [2.45, 2.75) is 43.8 Å². The Labute approximate surface area is 166 Å². The van der Waals surface area contributed by atoms with Crippen molar-refractivity contribution >= 4 is 11.9 Å². The molecular weight excluding hydrogens is 387 g/mol. The van der Waals surface area contributed by atoms with E-state index >= 15 is 0 Å². The van der Waals surface area contributed by atoms with Crippen molar-refractivity contribution in [1.29, 1.82) is 0 Å². The molecular formula is C21H22F3NO4. The number of nitrogens with zero attached hydrogens (tertiary/aromatic N) is 1. The number of hydrogen-bond donors (Lipinski definition) is 0. The first-order valence-electron chi connectivity index (χ1n) is 9.31. The normalized spacial score (nSPS) is 18.3. The molecule has 0 bridgehead atoms. The van der Waals surface area contributed by atoms with E-state index in [-0.39, 0.29) is 17.2 Å². The van der Waals surface area contributed by atoms with Crippen LogP contribution in [0.3, 0.4) is 0 Å². The van der Waals surface area contributed by atoms with Gasteiger partial charge in [0.05, 0.1) is 36.8 Å². The van der Waals surface area contributed by atoms with Gasteiger partial charge in [-0.1, -0.05) is 25.0 Å². The topological polar surface area (TPSA) is 55.8 Å². The molecule has 0 saturated heterocycles. The zero-order valence-corrected chi connectivity index (χ0v) is 16.2. The van der Waals surface area contributed by atoms with Crippen molar-refractivity contribution in [3.05, 3.63) is 58.9 Å². The fourth-order valence-electron chi connectivity index (χ4n) is 3.89. The molecule has 1 aliphatic carbocycles. The molecule has 0 atom stereocenters. The zero-order valence-electron chi connectivity index (χ0n) is 16.2. The predicted octanol–water partition coefficient (Wildman–Crippen LogP) is 4.16. The minimum absolute atomic E-state index is 0.142. The van der Waals surface area contributed by atoms with Crippen LogP contribution in [0.15, 0.2) is 47.8 Å². The van der Waals surface area contributed by atoms with E-state index in [9.17, 15) is 22.8 Å². The summed E-state index contributed by atoms with van der Waals surface area (Å²) in [6, 6.07) is 4.55. The Kier molecular flexibility index (Phi) is 6.00. The molecule has 0 unspecified atom stereocenters. The number of esters is 2. The predicted molar refractivity (Wildman–Crippen MR) is 98.5 cm³/mol. The lowest BCUT2D eigenvalue weighted by atomic mass is 9.82. The molecule has 156 valence electrons. The highest BCUT2D eigenvalue weighted by molar-refractivity contribution is 5.98. The minimum atomic E-state index is -4.48. The molecule has 29 heavy (non-hydrogen) atoms. The van der Waals surface area contributed by atoms with Gasteiger partial charge in [0.15, 0.2) is 0 Å². The van der Waals surface area contributed by atoms with Crippen LogP contribution in [0.2, 0.25) is 0 Å². The molecule has 2 aliphatic rings. The first-order chi connectivity index (χ1) is 13.8. The second-order valence-electron chi connectivity index (χ2n) is 7.09. The van der Waals surface area contributed by atoms with Crippen LogP contribution in [-0.4, -0.2) is 37.1 Å². The van der Waals surface area contributed by atoms with Crippen LogP contribution in [-0.2, 0) is 25.2 Å². The largest absolute Gasteiger partial charge is 0.466 e. The van der Waals surface area contributed by atoms with Crippen LogP contribution in [0.25, 0.3) is 0 Å². The summed E-state index contributed by atoms with van der Waals surface area (Å²) in [6.07, 6.45) is 2.72. The molecule has 5 nitrogen and oxygen atoms in total. The second kappa shape index (κ2) is 8.31. The molecule has 0 amide bonds. The van der Waals surface area contributed by atoms with Crippen LogP contribution >= 0.6 is 0 Å². The van der Waals surface area contributed by atoms with Crippen LogP contribution in [0.4, 0.5) is 13.2 Å². The molecule has 1 aromatic rings. The molecule has 1 aromatic carbocycles. The van der Waals surface area contributed by atoms with Gasteiger partial charge in [-0.2, -0.15) is 13.2 Å². The number of rotatable bonds is 4. The van der Waals surface area contributed by atoms with Gasteiger partial charge in [-0.3, -0.25) is 0 Å². The van der Waals surface area contributed by atoms with Gasteiger partial charge in [-0.25, -0.2) is 9.59 Å². The molecule has 3 rings (SSSR count). The summed E-state index contributed by atoms with van der Waals surface area (Å²) in [5.41, 5.74) is -0.0710. The van der Waals surface area contributed by atoms with E-state index in [0.29, 0.717) is 5.56 Å². The number of halogens is 3. The Morgan fingerprint density at radius 3 is 1.83 bits per heavy atom. The zero-order chi connectivity index (χ0) is 21.2. The maximum atomic E-state index is 12.9. The molecule has 0 N–H and O–H groups in total. The first kappa shape index (κ1) is 21.0. The number of alkyl halides is 3. The van der Waals surface area contributed by atoms with E-state index in [0.717, 1.165) is 37.8 Å². The smallest absolute Gasteiger partial charge is 0.416 e. The quantitative estimate of drug-likeness (QED) is 0.699. The van der Waals surface area contributed by atoms with Crippen molar-refractivity contribution in [3.8, 4) is 0 Å². The van der Waals surface area contributed by atoms with Gasteiger partial charge in [0.1, 0.15) is 0 Å². The molecule has 1 aliphatic heterocycles. The number of methoxy groups -OCH3 is 2. The number of hydrogen-bond acceptors (Lipinski definition) is 5. The molecule has 8 heteroatoms. The maximum absolute atomic E-state index is 12.9. The van der Waals surface area contributed by atoms with Crippen molar-refractivity contribution in [3.63, 3.8) is 0 Å². The monoisotopic (exact) mass is 409 g/mol. The summed E-state index contributed by atoms with van der Waals surface area (Å²) in [5.74, 6) is -2.17. The molecule has 1 saturated carbocycles. The van der Waals surface area contributed by atoms with E-state index < -0.39 is 29.6 Å². The summed E-state index contributed by atoms with van der Waals surface area (Å²) < 4.78 is 48.6. The Hall–Kier alpha value is -2.77. The average Bonchev–Trinajstić information content (AvgIpc) is 3.26. The Morgan fingerprint density at radius 2 is 1.41 bits per heavy atom. The van der Waals surface area contributed by atoms with Gasteiger partial charge in [-0.05, 0) is 30.5 Å². The van der Waals surface area contributed by atoms with Crippen molar-refractivity contribution < 1.29 is 32.2 Å². The van der Waals surface area contributed by atoms with Gasteiger partial charge in [0.25, 0.3) is 0 Å². The van der Waals surface area contributed by atoms with E-state index in [1.165, 1.54) is 26.4 Å². The SMILES string of the molecule is COC(=O)C1=CN(C2CCCC2)C=C(C(=O)OC)C1c1ccc(C(F)(F)F)cc1. The summed E-state index contributed by atoms with van der Waals surface area (Å²) in [7, 11) is 2.45. The van der Waals surface area contributed by atoms with Gasteiger partial charge >= 0.3 is 18.1 Å². The minimum Gasteiger partial charge on any atom is -0.466 e. The lowest BCUT2D eigenvalue weighted by Crippen LogP contribution is -2.33. The molecule has 0 spiro atoms. The molecule has 0 radical (unpaired) electrons. The third-order valence-corrected chi connectivity index (χ3v) is 5.36. The fourth-order valence-corrected chi connectivity index (χ4v) is 3.89. The second-order valence-corrected chi connectivity index (χ2v) is 7.09. The maximum Gasteiger partial charge on any atom is 0.416 e. The van der Waals surface area contributed by atoms with Gasteiger partial charge in [0.2, 0.25) is 0 Å². The molecule has 0 aromatic heterocycles. The fraction of sp³-hybridized carbons (Fsp3) is 0.429. The highest BCUT2D eigenvalue weighted by Crippen LogP contribution is 2.40. The summed E-state index contributed by atoms with van der Waals surface area (Å²) in [5, 5.41) is 0. The van der Waals surface area contributed by atoms with E-state index in [4.69, 9.17) is 9.47 Å². The standard InChI is InChI=1S/C21H22F3NO4/c1-28-19(26)16-11-25(15-5-3-4-6-15)12-17(20(27)29-2)18(16)13-7-9-14(10-8-13)21(22,23)24/h7-12,15,18H,3-6H2,1-2H3. The summed E-state index contributed by atoms with van der Waals surface area (Å²) in [6.45, 7) is 0. The third kappa shape index (κ3) is 4.31. The van der Waals surface area contributed by atoms with Crippen molar-refractivity contribution in [2.75, 3.05) is 14.2 Å². The lowest BCUT2D eigenvalue weighted by molar-refractivity contribution is -0.138. The van der Waals surface area contributed by atoms with Crippen LogP contribution in [0.5, 0.6) is 0 Å². The number of ether oxygens (including phenoxy) is 2. The van der Waals surface area contributed by atoms with Gasteiger partial charge in [-0.15, -0.1) is 0 Å². The van der Waals surface area contributed by atoms with Crippen molar-refractivity contribution in [2.24, 2.45) is 0 Å². The van der Waals surface area contributed by atoms with Crippen molar-refractivity contribution in [1.82, 2.24) is 4.90 Å². The van der Waals surface area contributed by atoms with Gasteiger partial charge in [0, 0.05) is 18.4 Å². The van der Waals surface area contributed by atoms with Gasteiger partial charge < -0.3 is 14.4 Å². The lowest BCUT2D eigenvalue weighted by Gasteiger charge is -2.33. The Bertz CT molecular complexity index is 802. The van der Waals surface area contributed by atoms with Crippen LogP contribution in [0, 0.1) is 0 Å². The summed E-state index contributed by atoms with van der Waals surface area (Å²) in [4.78, 5) is 26.9. The highest BCUT2D eigenvalue weighted by atomic mass is 19.4. The molecule has 1 fully saturated rings. The Balaban J connectivity index is 2.07. The Morgan fingerprint density at radius 1 is 0.931 bits per heavy atom. The number of benzene rings is 1. The number of carbonyl (C=O) groups is 2. The van der Waals surface area contributed by atoms with E-state index in [2.05, 4.69) is 0 Å². The van der Waals surface area contributed by atoms with Crippen LogP contribution in [0.1, 0.15) is 42.7 Å². The van der Waals surface area contributed by atoms with E-state index in [1.54, 1.807) is 12.4 Å². The highest BCUT2D eigenvalue weighted by Gasteiger charge is 2.37.